The molecule has 0 aromatic heterocycles. The van der Waals surface area contributed by atoms with E-state index in [0.29, 0.717) is 0 Å². The van der Waals surface area contributed by atoms with E-state index >= 15 is 0 Å². The minimum absolute atomic E-state index is 0.159. The van der Waals surface area contributed by atoms with Gasteiger partial charge in [-0.25, -0.2) is 0 Å². The van der Waals surface area contributed by atoms with Gasteiger partial charge in [-0.15, -0.1) is 0 Å². The smallest absolute Gasteiger partial charge is 0.318 e. The van der Waals surface area contributed by atoms with Crippen molar-refractivity contribution in [3.8, 4) is 0 Å². The van der Waals surface area contributed by atoms with E-state index in [0.717, 1.165) is 0 Å². The predicted octanol–water partition coefficient (Wildman–Crippen LogP) is -0.237. The zero-order chi connectivity index (χ0) is 8.43. The van der Waals surface area contributed by atoms with Crippen LogP contribution in [0.25, 0.3) is 0 Å². The molecule has 1 saturated heterocycles. The molecule has 1 fully saturated rings. The third-order valence-corrected chi connectivity index (χ3v) is 1.74. The number of esters is 1. The monoisotopic (exact) mass is 158 g/mol. The number of carbonyl (C=O) groups is 2. The van der Waals surface area contributed by atoms with Crippen LogP contribution in [0.15, 0.2) is 0 Å². The summed E-state index contributed by atoms with van der Waals surface area (Å²) in [6.45, 7) is 1.79. The minimum Gasteiger partial charge on any atom is -0.468 e. The Balaban J connectivity index is 2.62. The van der Waals surface area contributed by atoms with Crippen LogP contribution in [0.2, 0.25) is 0 Å². The fraction of sp³-hybridized carbons (Fsp3) is 0.714. The number of hydrogen-bond acceptors (Lipinski definition) is 4. The second-order valence-corrected chi connectivity index (χ2v) is 2.45. The maximum Gasteiger partial charge on any atom is 0.318 e. The first-order valence-electron chi connectivity index (χ1n) is 3.40. The Labute approximate surface area is 64.5 Å². The highest BCUT2D eigenvalue weighted by Crippen LogP contribution is 2.15. The third-order valence-electron chi connectivity index (χ3n) is 1.74. The van der Waals surface area contributed by atoms with E-state index in [-0.39, 0.29) is 12.4 Å². The zero-order valence-corrected chi connectivity index (χ0v) is 6.49. The van der Waals surface area contributed by atoms with Crippen molar-refractivity contribution in [1.82, 2.24) is 0 Å². The van der Waals surface area contributed by atoms with Gasteiger partial charge in [-0.3, -0.25) is 9.59 Å². The topological polar surface area (TPSA) is 52.6 Å². The van der Waals surface area contributed by atoms with Gasteiger partial charge in [0.25, 0.3) is 0 Å². The van der Waals surface area contributed by atoms with Gasteiger partial charge in [0.1, 0.15) is 12.0 Å². The van der Waals surface area contributed by atoms with Crippen molar-refractivity contribution in [2.75, 3.05) is 13.7 Å². The van der Waals surface area contributed by atoms with Gasteiger partial charge in [0.05, 0.1) is 13.7 Å². The Morgan fingerprint density at radius 2 is 2.36 bits per heavy atom. The molecular formula is C7H10O4. The van der Waals surface area contributed by atoms with Crippen LogP contribution in [0.3, 0.4) is 0 Å². The lowest BCUT2D eigenvalue weighted by molar-refractivity contribution is -0.147. The molecule has 1 aliphatic heterocycles. The lowest BCUT2D eigenvalue weighted by atomic mass is 10.1. The molecule has 0 aromatic rings. The molecule has 0 radical (unpaired) electrons. The summed E-state index contributed by atoms with van der Waals surface area (Å²) in [5, 5.41) is 0. The first-order chi connectivity index (χ1) is 5.16. The van der Waals surface area contributed by atoms with Crippen molar-refractivity contribution in [2.45, 2.75) is 13.0 Å². The Bertz CT molecular complexity index is 187. The molecule has 1 rings (SSSR count). The highest BCUT2D eigenvalue weighted by atomic mass is 16.5. The number of rotatable bonds is 1. The molecule has 2 atom stereocenters. The van der Waals surface area contributed by atoms with Crippen LogP contribution in [0.1, 0.15) is 6.92 Å². The lowest BCUT2D eigenvalue weighted by Crippen LogP contribution is -2.25. The SMILES string of the molecule is COC(=O)C1COC(C)C1=O. The van der Waals surface area contributed by atoms with Crippen molar-refractivity contribution in [2.24, 2.45) is 5.92 Å². The first kappa shape index (κ1) is 8.20. The first-order valence-corrected chi connectivity index (χ1v) is 3.40. The zero-order valence-electron chi connectivity index (χ0n) is 6.49. The second kappa shape index (κ2) is 3.00. The van der Waals surface area contributed by atoms with E-state index < -0.39 is 18.0 Å². The average molecular weight is 158 g/mol. The minimum atomic E-state index is -0.699. The largest absolute Gasteiger partial charge is 0.468 e. The standard InChI is InChI=1S/C7H10O4/c1-4-6(8)5(3-11-4)7(9)10-2/h4-5H,3H2,1-2H3. The van der Waals surface area contributed by atoms with Crippen LogP contribution < -0.4 is 0 Å². The Morgan fingerprint density at radius 3 is 2.73 bits per heavy atom. The number of hydrogen-bond donors (Lipinski definition) is 0. The third kappa shape index (κ3) is 1.40. The van der Waals surface area contributed by atoms with Gasteiger partial charge in [0.15, 0.2) is 5.78 Å². The highest BCUT2D eigenvalue weighted by molar-refractivity contribution is 6.02. The van der Waals surface area contributed by atoms with E-state index in [1.54, 1.807) is 6.92 Å². The van der Waals surface area contributed by atoms with Crippen LogP contribution in [-0.4, -0.2) is 31.6 Å². The Hall–Kier alpha value is -0.900. The van der Waals surface area contributed by atoms with Crippen molar-refractivity contribution in [1.29, 1.82) is 0 Å². The molecule has 62 valence electrons. The van der Waals surface area contributed by atoms with Crippen LogP contribution in [0.4, 0.5) is 0 Å². The molecule has 0 aromatic carbocycles. The highest BCUT2D eigenvalue weighted by Gasteiger charge is 2.37. The van der Waals surface area contributed by atoms with E-state index in [1.807, 2.05) is 0 Å². The molecular weight excluding hydrogens is 148 g/mol. The summed E-state index contributed by atoms with van der Waals surface area (Å²) < 4.78 is 9.36. The maximum absolute atomic E-state index is 11.1. The van der Waals surface area contributed by atoms with Gasteiger partial charge in [0, 0.05) is 0 Å². The van der Waals surface area contributed by atoms with E-state index in [9.17, 15) is 9.59 Å². The number of carbonyl (C=O) groups excluding carboxylic acids is 2. The Morgan fingerprint density at radius 1 is 1.73 bits per heavy atom. The number of ketones is 1. The Kier molecular flexibility index (Phi) is 2.24. The van der Waals surface area contributed by atoms with Crippen molar-refractivity contribution < 1.29 is 19.1 Å². The van der Waals surface area contributed by atoms with E-state index in [2.05, 4.69) is 4.74 Å². The fourth-order valence-electron chi connectivity index (χ4n) is 1.01. The van der Waals surface area contributed by atoms with Crippen molar-refractivity contribution in [3.05, 3.63) is 0 Å². The molecule has 0 spiro atoms. The average Bonchev–Trinajstić information content (AvgIpc) is 2.32. The predicted molar refractivity (Wildman–Crippen MR) is 35.9 cm³/mol. The quantitative estimate of drug-likeness (QED) is 0.390. The molecule has 4 heteroatoms. The fourth-order valence-corrected chi connectivity index (χ4v) is 1.01. The number of methoxy groups -OCH3 is 1. The van der Waals surface area contributed by atoms with Crippen LogP contribution in [0.5, 0.6) is 0 Å². The molecule has 1 heterocycles. The van der Waals surface area contributed by atoms with Gasteiger partial charge in [-0.05, 0) is 6.92 Å². The summed E-state index contributed by atoms with van der Waals surface area (Å²) >= 11 is 0. The molecule has 0 aliphatic carbocycles. The summed E-state index contributed by atoms with van der Waals surface area (Å²) in [6.07, 6.45) is -0.459. The van der Waals surface area contributed by atoms with Gasteiger partial charge >= 0.3 is 5.97 Å². The lowest BCUT2D eigenvalue weighted by Gasteiger charge is -2.01. The summed E-state index contributed by atoms with van der Waals surface area (Å²) in [6, 6.07) is 0. The molecule has 4 nitrogen and oxygen atoms in total. The number of ether oxygens (including phenoxy) is 2. The van der Waals surface area contributed by atoms with Crippen molar-refractivity contribution in [3.63, 3.8) is 0 Å². The summed E-state index contributed by atoms with van der Waals surface area (Å²) in [5.74, 6) is -1.38. The number of Topliss-reactive ketones (excluding diaryl/α,β-unsaturated/α-hetero) is 1. The molecule has 11 heavy (non-hydrogen) atoms. The molecule has 0 bridgehead atoms. The van der Waals surface area contributed by atoms with Crippen LogP contribution >= 0.6 is 0 Å². The molecule has 2 unspecified atom stereocenters. The molecule has 0 N–H and O–H groups in total. The van der Waals surface area contributed by atoms with E-state index in [4.69, 9.17) is 4.74 Å². The van der Waals surface area contributed by atoms with Gasteiger partial charge in [0.2, 0.25) is 0 Å². The molecule has 0 amide bonds. The van der Waals surface area contributed by atoms with Crippen LogP contribution in [-0.2, 0) is 19.1 Å². The summed E-state index contributed by atoms with van der Waals surface area (Å²) in [5.41, 5.74) is 0. The van der Waals surface area contributed by atoms with Gasteiger partial charge in [-0.1, -0.05) is 0 Å². The summed E-state index contributed by atoms with van der Waals surface area (Å²) in [7, 11) is 1.26. The molecule has 1 aliphatic rings. The summed E-state index contributed by atoms with van der Waals surface area (Å²) in [4.78, 5) is 21.9. The maximum atomic E-state index is 11.1. The van der Waals surface area contributed by atoms with Gasteiger partial charge < -0.3 is 9.47 Å². The van der Waals surface area contributed by atoms with E-state index in [1.165, 1.54) is 7.11 Å². The van der Waals surface area contributed by atoms with Crippen LogP contribution in [0, 0.1) is 5.92 Å². The van der Waals surface area contributed by atoms with Gasteiger partial charge in [-0.2, -0.15) is 0 Å². The molecule has 0 saturated carbocycles. The second-order valence-electron chi connectivity index (χ2n) is 2.45. The normalized spacial score (nSPS) is 30.5. The van der Waals surface area contributed by atoms with Crippen molar-refractivity contribution >= 4 is 11.8 Å².